The molecule has 0 saturated heterocycles. The minimum atomic E-state index is -1.81. The molecule has 8 atom stereocenters. The summed E-state index contributed by atoms with van der Waals surface area (Å²) in [6.07, 6.45) is -1.34. The molecule has 0 spiro atoms. The van der Waals surface area contributed by atoms with Crippen molar-refractivity contribution < 1.29 is 34.2 Å². The molecule has 3 aliphatic carbocycles. The number of benzene rings is 1. The fraction of sp³-hybridized carbons (Fsp3) is 0.500. The number of fused-ring (bicyclic) bond motifs is 3. The molecule has 9 heteroatoms. The molecule has 2 fully saturated rings. The number of carbonyl (C=O) groups excluding carboxylic acids is 5. The number of Topliss-reactive ketones (excluding diaryl/α,β-unsaturated/α-hetero) is 4. The first kappa shape index (κ1) is 21.3. The van der Waals surface area contributed by atoms with E-state index in [1.54, 1.807) is 33.2 Å². The van der Waals surface area contributed by atoms with E-state index in [1.165, 1.54) is 11.0 Å². The third kappa shape index (κ3) is 2.73. The quantitative estimate of drug-likeness (QED) is 0.522. The van der Waals surface area contributed by atoms with Crippen LogP contribution in [0.5, 0.6) is 5.75 Å². The van der Waals surface area contributed by atoms with E-state index >= 15 is 0 Å². The van der Waals surface area contributed by atoms with Gasteiger partial charge in [0.05, 0.1) is 29.5 Å². The molecule has 31 heavy (non-hydrogen) atoms. The van der Waals surface area contributed by atoms with Crippen molar-refractivity contribution >= 4 is 29.0 Å². The summed E-state index contributed by atoms with van der Waals surface area (Å²) in [5, 5.41) is 21.6. The fourth-order valence-corrected chi connectivity index (χ4v) is 5.94. The minimum absolute atomic E-state index is 0.00481. The number of phenols is 1. The highest BCUT2D eigenvalue weighted by atomic mass is 16.3. The number of aromatic hydroxyl groups is 1. The highest BCUT2D eigenvalue weighted by molar-refractivity contribution is 6.28. The molecule has 3 aliphatic rings. The second-order valence-corrected chi connectivity index (χ2v) is 8.95. The van der Waals surface area contributed by atoms with E-state index in [9.17, 15) is 34.2 Å². The van der Waals surface area contributed by atoms with Gasteiger partial charge in [-0.15, -0.1) is 0 Å². The largest absolute Gasteiger partial charge is 0.507 e. The lowest BCUT2D eigenvalue weighted by atomic mass is 9.51. The zero-order valence-electron chi connectivity index (χ0n) is 17.3. The van der Waals surface area contributed by atoms with Gasteiger partial charge in [0.2, 0.25) is 5.91 Å². The Balaban J connectivity index is 1.90. The number of ketones is 4. The van der Waals surface area contributed by atoms with E-state index in [4.69, 9.17) is 5.73 Å². The first-order valence-electron chi connectivity index (χ1n) is 10.1. The third-order valence-corrected chi connectivity index (χ3v) is 7.22. The van der Waals surface area contributed by atoms with Crippen molar-refractivity contribution in [1.29, 1.82) is 0 Å². The first-order valence-corrected chi connectivity index (χ1v) is 10.1. The van der Waals surface area contributed by atoms with Gasteiger partial charge in [-0.05, 0) is 31.6 Å². The summed E-state index contributed by atoms with van der Waals surface area (Å²) in [5.74, 6) is -11.7. The molecule has 0 heterocycles. The van der Waals surface area contributed by atoms with Gasteiger partial charge in [-0.1, -0.05) is 19.1 Å². The van der Waals surface area contributed by atoms with E-state index in [-0.39, 0.29) is 11.3 Å². The molecule has 0 radical (unpaired) electrons. The average molecular weight is 428 g/mol. The third-order valence-electron chi connectivity index (χ3n) is 7.22. The van der Waals surface area contributed by atoms with Gasteiger partial charge in [0, 0.05) is 11.8 Å². The first-order chi connectivity index (χ1) is 14.5. The summed E-state index contributed by atoms with van der Waals surface area (Å²) in [5.41, 5.74) is 5.81. The molecule has 164 valence electrons. The lowest BCUT2D eigenvalue weighted by molar-refractivity contribution is -0.167. The van der Waals surface area contributed by atoms with Gasteiger partial charge in [0.25, 0.3) is 0 Å². The summed E-state index contributed by atoms with van der Waals surface area (Å²) in [6, 6.07) is 3.48. The van der Waals surface area contributed by atoms with Crippen LogP contribution in [-0.2, 0) is 19.2 Å². The molecule has 2 saturated carbocycles. The zero-order valence-corrected chi connectivity index (χ0v) is 17.3. The van der Waals surface area contributed by atoms with Crippen molar-refractivity contribution in [1.82, 2.24) is 4.90 Å². The molecule has 0 bridgehead atoms. The predicted molar refractivity (Wildman–Crippen MR) is 106 cm³/mol. The molecule has 0 aliphatic heterocycles. The molecule has 4 rings (SSSR count). The number of likely N-dealkylation sites (N-methyl/N-ethyl adjacent to an activating group) is 1. The number of primary amides is 1. The second-order valence-electron chi connectivity index (χ2n) is 8.95. The van der Waals surface area contributed by atoms with Crippen LogP contribution < -0.4 is 5.73 Å². The number of hydrogen-bond acceptors (Lipinski definition) is 8. The van der Waals surface area contributed by atoms with E-state index in [1.807, 2.05) is 0 Å². The maximum absolute atomic E-state index is 13.6. The maximum atomic E-state index is 13.6. The SMILES string of the molecule is CC1c2cccc(O)c2C(=O)C2C(=O)C3C(=O)C(C(N)=O)C(=O)C(N(C)C)C3C(O)C21. The molecule has 1 aromatic carbocycles. The van der Waals surface area contributed by atoms with Crippen LogP contribution in [0.15, 0.2) is 18.2 Å². The Hall–Kier alpha value is -2.91. The lowest BCUT2D eigenvalue weighted by Crippen LogP contribution is -2.69. The number of nitrogens with zero attached hydrogens (tertiary/aromatic N) is 1. The smallest absolute Gasteiger partial charge is 0.235 e. The monoisotopic (exact) mass is 428 g/mol. The predicted octanol–water partition coefficient (Wildman–Crippen LogP) is -0.716. The number of aliphatic hydroxyl groups excluding tert-OH is 1. The van der Waals surface area contributed by atoms with Crippen LogP contribution in [0.25, 0.3) is 0 Å². The van der Waals surface area contributed by atoms with Crippen LogP contribution in [0.4, 0.5) is 0 Å². The Kier molecular flexibility index (Phi) is 4.86. The Morgan fingerprint density at radius 3 is 2.23 bits per heavy atom. The van der Waals surface area contributed by atoms with Crippen LogP contribution in [0.2, 0.25) is 0 Å². The number of rotatable bonds is 2. The highest BCUT2D eigenvalue weighted by Gasteiger charge is 2.65. The highest BCUT2D eigenvalue weighted by Crippen LogP contribution is 2.52. The summed E-state index contributed by atoms with van der Waals surface area (Å²) in [6.45, 7) is 1.74. The van der Waals surface area contributed by atoms with Gasteiger partial charge in [-0.25, -0.2) is 0 Å². The fourth-order valence-electron chi connectivity index (χ4n) is 5.94. The van der Waals surface area contributed by atoms with Crippen molar-refractivity contribution in [3.05, 3.63) is 29.3 Å². The van der Waals surface area contributed by atoms with Crippen LogP contribution in [0.3, 0.4) is 0 Å². The van der Waals surface area contributed by atoms with Gasteiger partial charge < -0.3 is 15.9 Å². The molecule has 8 unspecified atom stereocenters. The Morgan fingerprint density at radius 1 is 1.00 bits per heavy atom. The van der Waals surface area contributed by atoms with Gasteiger partial charge >= 0.3 is 0 Å². The molecule has 1 aromatic rings. The summed E-state index contributed by atoms with van der Waals surface area (Å²) in [7, 11) is 3.11. The maximum Gasteiger partial charge on any atom is 0.235 e. The van der Waals surface area contributed by atoms with Gasteiger partial charge in [0.1, 0.15) is 5.75 Å². The van der Waals surface area contributed by atoms with Crippen molar-refractivity contribution in [3.8, 4) is 5.75 Å². The topological polar surface area (TPSA) is 155 Å². The molecular weight excluding hydrogens is 404 g/mol. The van der Waals surface area contributed by atoms with Crippen molar-refractivity contribution in [2.45, 2.75) is 25.0 Å². The van der Waals surface area contributed by atoms with Crippen LogP contribution in [-0.4, -0.2) is 70.4 Å². The standard InChI is InChI=1S/C22H24N2O7/c1-7-8-5-4-6-9(25)11(8)18(27)13-10(7)17(26)12-14(19(13)28)20(29)15(22(23)31)21(30)16(12)24(2)3/h4-7,10,12-17,25-26H,1-3H3,(H2,23,31). The minimum Gasteiger partial charge on any atom is -0.507 e. The normalized spacial score (nSPS) is 37.3. The van der Waals surface area contributed by atoms with E-state index in [2.05, 4.69) is 0 Å². The second kappa shape index (κ2) is 7.06. The molecule has 0 aromatic heterocycles. The van der Waals surface area contributed by atoms with Gasteiger partial charge in [-0.2, -0.15) is 0 Å². The van der Waals surface area contributed by atoms with Gasteiger partial charge in [0.15, 0.2) is 29.1 Å². The number of carbonyl (C=O) groups is 5. The molecule has 1 amide bonds. The number of nitrogens with two attached hydrogens (primary N) is 1. The van der Waals surface area contributed by atoms with E-state index in [0.29, 0.717) is 5.56 Å². The Bertz CT molecular complexity index is 1030. The Labute approximate surface area is 178 Å². The number of hydrogen-bond donors (Lipinski definition) is 3. The summed E-state index contributed by atoms with van der Waals surface area (Å²) in [4.78, 5) is 66.3. The summed E-state index contributed by atoms with van der Waals surface area (Å²) >= 11 is 0. The zero-order chi connectivity index (χ0) is 22.9. The molecule has 9 nitrogen and oxygen atoms in total. The van der Waals surface area contributed by atoms with Crippen LogP contribution in [0.1, 0.15) is 28.8 Å². The van der Waals surface area contributed by atoms with Crippen molar-refractivity contribution in [2.75, 3.05) is 14.1 Å². The lowest BCUT2D eigenvalue weighted by Gasteiger charge is -2.52. The molecule has 4 N–H and O–H groups in total. The van der Waals surface area contributed by atoms with Gasteiger partial charge in [-0.3, -0.25) is 28.9 Å². The van der Waals surface area contributed by atoms with Crippen molar-refractivity contribution in [3.63, 3.8) is 0 Å². The van der Waals surface area contributed by atoms with E-state index < -0.39 is 76.7 Å². The number of phenolic OH excluding ortho intramolecular Hbond substituents is 1. The van der Waals surface area contributed by atoms with E-state index in [0.717, 1.165) is 0 Å². The Morgan fingerprint density at radius 2 is 1.65 bits per heavy atom. The number of amides is 1. The number of aliphatic hydroxyl groups is 1. The van der Waals surface area contributed by atoms with Crippen LogP contribution in [0, 0.1) is 29.6 Å². The van der Waals surface area contributed by atoms with Crippen molar-refractivity contribution in [2.24, 2.45) is 35.3 Å². The summed E-state index contributed by atoms with van der Waals surface area (Å²) < 4.78 is 0. The average Bonchev–Trinajstić information content (AvgIpc) is 2.67. The van der Waals surface area contributed by atoms with Crippen LogP contribution >= 0.6 is 0 Å². The molecular formula is C22H24N2O7.